The third-order valence-corrected chi connectivity index (χ3v) is 2.33. The molecule has 0 radical (unpaired) electrons. The molecular weight excluding hydrogens is 178 g/mol. The number of carbonyl (C=O) groups is 1. The summed E-state index contributed by atoms with van der Waals surface area (Å²) in [7, 11) is 0. The lowest BCUT2D eigenvalue weighted by Gasteiger charge is -2.26. The van der Waals surface area contributed by atoms with Crippen LogP contribution < -0.4 is 0 Å². The fourth-order valence-electron chi connectivity index (χ4n) is 1.47. The molecule has 1 aliphatic heterocycles. The van der Waals surface area contributed by atoms with E-state index in [2.05, 4.69) is 5.92 Å². The molecule has 0 unspecified atom stereocenters. The molecule has 14 heavy (non-hydrogen) atoms. The molecule has 1 aliphatic rings. The molecule has 0 aromatic heterocycles. The summed E-state index contributed by atoms with van der Waals surface area (Å²) in [5, 5.41) is 0. The maximum Gasteiger partial charge on any atom is 0.222 e. The molecule has 0 bridgehead atoms. The van der Waals surface area contributed by atoms with Crippen LogP contribution in [0.25, 0.3) is 0 Å². The number of hydrogen-bond donors (Lipinski definition) is 0. The van der Waals surface area contributed by atoms with Crippen molar-refractivity contribution in [3.63, 3.8) is 0 Å². The summed E-state index contributed by atoms with van der Waals surface area (Å²) in [6.07, 6.45) is 8.38. The summed E-state index contributed by atoms with van der Waals surface area (Å²) in [5.74, 6) is 2.82. The third-order valence-electron chi connectivity index (χ3n) is 2.33. The van der Waals surface area contributed by atoms with E-state index in [4.69, 9.17) is 11.2 Å². The predicted molar refractivity (Wildman–Crippen MR) is 54.7 cm³/mol. The first-order valence-corrected chi connectivity index (χ1v) is 5.13. The molecule has 1 fully saturated rings. The zero-order chi connectivity index (χ0) is 10.2. The minimum Gasteiger partial charge on any atom is -0.378 e. The fraction of sp³-hybridized carbons (Fsp3) is 0.727. The molecule has 1 heterocycles. The highest BCUT2D eigenvalue weighted by molar-refractivity contribution is 5.76. The predicted octanol–water partition coefficient (Wildman–Crippen LogP) is 1.04. The van der Waals surface area contributed by atoms with Crippen molar-refractivity contribution in [2.45, 2.75) is 25.7 Å². The highest BCUT2D eigenvalue weighted by Crippen LogP contribution is 2.05. The number of hydrogen-bond acceptors (Lipinski definition) is 2. The van der Waals surface area contributed by atoms with Gasteiger partial charge < -0.3 is 9.64 Å². The molecule has 78 valence electrons. The van der Waals surface area contributed by atoms with Gasteiger partial charge in [-0.05, 0) is 12.8 Å². The normalized spacial score (nSPS) is 16.4. The first kappa shape index (κ1) is 11.1. The van der Waals surface area contributed by atoms with Crippen molar-refractivity contribution in [1.82, 2.24) is 4.90 Å². The summed E-state index contributed by atoms with van der Waals surface area (Å²) >= 11 is 0. The summed E-state index contributed by atoms with van der Waals surface area (Å²) in [4.78, 5) is 13.5. The van der Waals surface area contributed by atoms with E-state index < -0.39 is 0 Å². The lowest BCUT2D eigenvalue weighted by molar-refractivity contribution is -0.135. The third kappa shape index (κ3) is 3.80. The molecule has 3 heteroatoms. The maximum atomic E-state index is 11.6. The lowest BCUT2D eigenvalue weighted by atomic mass is 10.2. The van der Waals surface area contributed by atoms with Gasteiger partial charge in [0.25, 0.3) is 0 Å². The summed E-state index contributed by atoms with van der Waals surface area (Å²) < 4.78 is 5.17. The van der Waals surface area contributed by atoms with E-state index in [1.54, 1.807) is 0 Å². The second kappa shape index (κ2) is 6.44. The standard InChI is InChI=1S/C11H17NO2/c1-2-3-4-5-6-11(13)12-7-9-14-10-8-12/h1H,3-10H2. The Morgan fingerprint density at radius 1 is 1.36 bits per heavy atom. The average Bonchev–Trinajstić information content (AvgIpc) is 2.25. The molecule has 0 atom stereocenters. The average molecular weight is 195 g/mol. The molecule has 0 N–H and O–H groups in total. The van der Waals surface area contributed by atoms with Crippen molar-refractivity contribution >= 4 is 5.91 Å². The van der Waals surface area contributed by atoms with E-state index in [-0.39, 0.29) is 5.91 Å². The van der Waals surface area contributed by atoms with E-state index >= 15 is 0 Å². The van der Waals surface area contributed by atoms with Crippen LogP contribution in [0.5, 0.6) is 0 Å². The maximum absolute atomic E-state index is 11.6. The van der Waals surface area contributed by atoms with Gasteiger partial charge >= 0.3 is 0 Å². The number of ether oxygens (including phenoxy) is 1. The Hall–Kier alpha value is -1.01. The molecular formula is C11H17NO2. The van der Waals surface area contributed by atoms with Gasteiger partial charge in [0, 0.05) is 25.9 Å². The van der Waals surface area contributed by atoms with E-state index in [0.717, 1.165) is 32.4 Å². The van der Waals surface area contributed by atoms with Crippen LogP contribution >= 0.6 is 0 Å². The van der Waals surface area contributed by atoms with Crippen molar-refractivity contribution in [3.05, 3.63) is 0 Å². The second-order valence-corrected chi connectivity index (χ2v) is 3.40. The minimum atomic E-state index is 0.241. The summed E-state index contributed by atoms with van der Waals surface area (Å²) in [6.45, 7) is 2.84. The number of carbonyl (C=O) groups excluding carboxylic acids is 1. The van der Waals surface area contributed by atoms with Crippen LogP contribution in [0.2, 0.25) is 0 Å². The van der Waals surface area contributed by atoms with Gasteiger partial charge in [-0.25, -0.2) is 0 Å². The van der Waals surface area contributed by atoms with E-state index in [9.17, 15) is 4.79 Å². The molecule has 0 aliphatic carbocycles. The van der Waals surface area contributed by atoms with Gasteiger partial charge in [-0.2, -0.15) is 0 Å². The Kier molecular flexibility index (Phi) is 5.09. The number of amides is 1. The smallest absolute Gasteiger partial charge is 0.222 e. The van der Waals surface area contributed by atoms with Gasteiger partial charge in [0.15, 0.2) is 0 Å². The Morgan fingerprint density at radius 3 is 2.71 bits per heavy atom. The number of morpholine rings is 1. The van der Waals surface area contributed by atoms with Gasteiger partial charge in [0.2, 0.25) is 5.91 Å². The summed E-state index contributed by atoms with van der Waals surface area (Å²) in [5.41, 5.74) is 0. The highest BCUT2D eigenvalue weighted by Gasteiger charge is 2.15. The van der Waals surface area contributed by atoms with E-state index in [1.165, 1.54) is 0 Å². The van der Waals surface area contributed by atoms with Crippen LogP contribution in [0.1, 0.15) is 25.7 Å². The molecule has 0 saturated carbocycles. The van der Waals surface area contributed by atoms with Crippen LogP contribution in [-0.2, 0) is 9.53 Å². The van der Waals surface area contributed by atoms with Crippen LogP contribution in [0.4, 0.5) is 0 Å². The molecule has 0 aromatic rings. The van der Waals surface area contributed by atoms with Crippen LogP contribution in [0.3, 0.4) is 0 Å². The lowest BCUT2D eigenvalue weighted by Crippen LogP contribution is -2.40. The topological polar surface area (TPSA) is 29.5 Å². The SMILES string of the molecule is C#CCCCCC(=O)N1CCOCC1. The largest absolute Gasteiger partial charge is 0.378 e. The first-order chi connectivity index (χ1) is 6.84. The molecule has 3 nitrogen and oxygen atoms in total. The Morgan fingerprint density at radius 2 is 2.07 bits per heavy atom. The number of terminal acetylenes is 1. The number of rotatable bonds is 4. The van der Waals surface area contributed by atoms with Gasteiger partial charge in [-0.3, -0.25) is 4.79 Å². The monoisotopic (exact) mass is 195 g/mol. The van der Waals surface area contributed by atoms with Crippen molar-refractivity contribution in [2.24, 2.45) is 0 Å². The van der Waals surface area contributed by atoms with Crippen LogP contribution in [0, 0.1) is 12.3 Å². The number of nitrogens with zero attached hydrogens (tertiary/aromatic N) is 1. The van der Waals surface area contributed by atoms with Crippen LogP contribution in [0.15, 0.2) is 0 Å². The fourth-order valence-corrected chi connectivity index (χ4v) is 1.47. The highest BCUT2D eigenvalue weighted by atomic mass is 16.5. The zero-order valence-corrected chi connectivity index (χ0v) is 8.50. The zero-order valence-electron chi connectivity index (χ0n) is 8.50. The molecule has 0 aromatic carbocycles. The van der Waals surface area contributed by atoms with Crippen molar-refractivity contribution < 1.29 is 9.53 Å². The van der Waals surface area contributed by atoms with Gasteiger partial charge in [0.1, 0.15) is 0 Å². The van der Waals surface area contributed by atoms with Crippen molar-refractivity contribution in [3.8, 4) is 12.3 Å². The number of unbranched alkanes of at least 4 members (excludes halogenated alkanes) is 2. The molecule has 1 amide bonds. The van der Waals surface area contributed by atoms with E-state index in [1.807, 2.05) is 4.90 Å². The quantitative estimate of drug-likeness (QED) is 0.495. The van der Waals surface area contributed by atoms with E-state index in [0.29, 0.717) is 19.6 Å². The van der Waals surface area contributed by atoms with Gasteiger partial charge in [0.05, 0.1) is 13.2 Å². The first-order valence-electron chi connectivity index (χ1n) is 5.13. The van der Waals surface area contributed by atoms with Gasteiger partial charge in [-0.15, -0.1) is 12.3 Å². The van der Waals surface area contributed by atoms with Crippen LogP contribution in [-0.4, -0.2) is 37.1 Å². The Balaban J connectivity index is 2.11. The van der Waals surface area contributed by atoms with Crippen molar-refractivity contribution in [1.29, 1.82) is 0 Å². The van der Waals surface area contributed by atoms with Gasteiger partial charge in [-0.1, -0.05) is 0 Å². The Bertz CT molecular complexity index is 214. The molecule has 0 spiro atoms. The Labute approximate surface area is 85.4 Å². The molecule has 1 saturated heterocycles. The van der Waals surface area contributed by atoms with Crippen molar-refractivity contribution in [2.75, 3.05) is 26.3 Å². The summed E-state index contributed by atoms with van der Waals surface area (Å²) in [6, 6.07) is 0. The molecule has 1 rings (SSSR count). The minimum absolute atomic E-state index is 0.241. The second-order valence-electron chi connectivity index (χ2n) is 3.40.